The minimum atomic E-state index is -0.508. The first-order chi connectivity index (χ1) is 9.11. The molecule has 0 atom stereocenters. The topological polar surface area (TPSA) is 69.4 Å². The summed E-state index contributed by atoms with van der Waals surface area (Å²) in [6.07, 6.45) is 0.648. The van der Waals surface area contributed by atoms with Gasteiger partial charge in [0.25, 0.3) is 0 Å². The predicted octanol–water partition coefficient (Wildman–Crippen LogP) is 3.51. The van der Waals surface area contributed by atoms with Gasteiger partial charge in [-0.2, -0.15) is 0 Å². The van der Waals surface area contributed by atoms with E-state index in [1.165, 1.54) is 12.1 Å². The molecule has 5 heteroatoms. The number of carbonyl (C=O) groups excluding carboxylic acids is 1. The molecule has 2 rings (SSSR count). The highest BCUT2D eigenvalue weighted by Crippen LogP contribution is 2.33. The lowest BCUT2D eigenvalue weighted by Gasteiger charge is -2.08. The maximum atomic E-state index is 11.0. The molecule has 0 amide bonds. The Morgan fingerprint density at radius 1 is 1.16 bits per heavy atom. The Balaban J connectivity index is 2.43. The van der Waals surface area contributed by atoms with Gasteiger partial charge in [0.2, 0.25) is 5.75 Å². The highest BCUT2D eigenvalue weighted by atomic mass is 16.6. The molecule has 2 aromatic rings. The number of nitrogens with zero attached hydrogens (tertiary/aromatic N) is 1. The second-order valence-electron chi connectivity index (χ2n) is 3.99. The van der Waals surface area contributed by atoms with Crippen molar-refractivity contribution >= 4 is 12.0 Å². The van der Waals surface area contributed by atoms with Gasteiger partial charge in [-0.3, -0.25) is 14.9 Å². The summed E-state index contributed by atoms with van der Waals surface area (Å²) in [6, 6.07) is 11.2. The van der Waals surface area contributed by atoms with E-state index in [-0.39, 0.29) is 11.4 Å². The van der Waals surface area contributed by atoms with Crippen LogP contribution in [0.25, 0.3) is 0 Å². The SMILES string of the molecule is Cc1ccc(Oc2ccccc2C=O)c([N+](=O)[O-])c1. The van der Waals surface area contributed by atoms with Crippen LogP contribution < -0.4 is 4.74 Å². The molecule has 0 radical (unpaired) electrons. The number of carbonyl (C=O) groups is 1. The van der Waals surface area contributed by atoms with Crippen molar-refractivity contribution in [2.45, 2.75) is 6.92 Å². The third-order valence-electron chi connectivity index (χ3n) is 2.58. The maximum absolute atomic E-state index is 11.0. The number of ether oxygens (including phenoxy) is 1. The van der Waals surface area contributed by atoms with Gasteiger partial charge in [-0.25, -0.2) is 0 Å². The van der Waals surface area contributed by atoms with Gasteiger partial charge >= 0.3 is 5.69 Å². The Morgan fingerprint density at radius 3 is 2.58 bits per heavy atom. The number of benzene rings is 2. The molecule has 0 saturated heterocycles. The van der Waals surface area contributed by atoms with E-state index in [1.54, 1.807) is 37.3 Å². The van der Waals surface area contributed by atoms with Crippen LogP contribution in [0.15, 0.2) is 42.5 Å². The van der Waals surface area contributed by atoms with Crippen LogP contribution >= 0.6 is 0 Å². The third-order valence-corrected chi connectivity index (χ3v) is 2.58. The molecule has 0 heterocycles. The predicted molar refractivity (Wildman–Crippen MR) is 69.7 cm³/mol. The molecule has 0 unspecified atom stereocenters. The lowest BCUT2D eigenvalue weighted by Crippen LogP contribution is -1.96. The third kappa shape index (κ3) is 2.77. The quantitative estimate of drug-likeness (QED) is 0.477. The molecule has 0 fully saturated rings. The Hall–Kier alpha value is -2.69. The van der Waals surface area contributed by atoms with E-state index < -0.39 is 4.92 Å². The fourth-order valence-corrected chi connectivity index (χ4v) is 1.65. The van der Waals surface area contributed by atoms with Crippen LogP contribution in [-0.4, -0.2) is 11.2 Å². The van der Waals surface area contributed by atoms with Crippen LogP contribution in [0.3, 0.4) is 0 Å². The lowest BCUT2D eigenvalue weighted by atomic mass is 10.2. The molecule has 0 bridgehead atoms. The van der Waals surface area contributed by atoms with Crippen molar-refractivity contribution in [1.29, 1.82) is 0 Å². The lowest BCUT2D eigenvalue weighted by molar-refractivity contribution is -0.385. The van der Waals surface area contributed by atoms with E-state index in [2.05, 4.69) is 0 Å². The number of rotatable bonds is 4. The standard InChI is InChI=1S/C14H11NO4/c1-10-6-7-14(12(8-10)15(17)18)19-13-5-3-2-4-11(13)9-16/h2-9H,1H3. The zero-order valence-electron chi connectivity index (χ0n) is 10.2. The number of aryl methyl sites for hydroxylation is 1. The van der Waals surface area contributed by atoms with E-state index in [9.17, 15) is 14.9 Å². The molecule has 0 aliphatic heterocycles. The number of para-hydroxylation sites is 1. The van der Waals surface area contributed by atoms with Crippen LogP contribution in [0.2, 0.25) is 0 Å². The number of nitro groups is 1. The van der Waals surface area contributed by atoms with Crippen LogP contribution in [0, 0.1) is 17.0 Å². The van der Waals surface area contributed by atoms with Gasteiger partial charge in [-0.05, 0) is 30.7 Å². The molecule has 0 aromatic heterocycles. The Kier molecular flexibility index (Phi) is 3.56. The summed E-state index contributed by atoms with van der Waals surface area (Å²) >= 11 is 0. The second-order valence-corrected chi connectivity index (χ2v) is 3.99. The highest BCUT2D eigenvalue weighted by Gasteiger charge is 2.16. The fraction of sp³-hybridized carbons (Fsp3) is 0.0714. The van der Waals surface area contributed by atoms with Gasteiger partial charge in [-0.15, -0.1) is 0 Å². The molecule has 2 aromatic carbocycles. The van der Waals surface area contributed by atoms with Crippen molar-refractivity contribution in [3.63, 3.8) is 0 Å². The average Bonchev–Trinajstić information content (AvgIpc) is 2.41. The number of hydrogen-bond acceptors (Lipinski definition) is 4. The monoisotopic (exact) mass is 257 g/mol. The number of nitro benzene ring substituents is 1. The molecule has 0 N–H and O–H groups in total. The van der Waals surface area contributed by atoms with E-state index in [0.717, 1.165) is 5.56 Å². The Morgan fingerprint density at radius 2 is 1.89 bits per heavy atom. The van der Waals surface area contributed by atoms with Crippen molar-refractivity contribution in [3.8, 4) is 11.5 Å². The van der Waals surface area contributed by atoms with Crippen molar-refractivity contribution in [2.24, 2.45) is 0 Å². The molecule has 0 aliphatic carbocycles. The van der Waals surface area contributed by atoms with Crippen LogP contribution in [0.4, 0.5) is 5.69 Å². The number of hydrogen-bond donors (Lipinski definition) is 0. The molecule has 0 aliphatic rings. The fourth-order valence-electron chi connectivity index (χ4n) is 1.65. The van der Waals surface area contributed by atoms with Gasteiger partial charge in [0, 0.05) is 6.07 Å². The minimum absolute atomic E-state index is 0.116. The minimum Gasteiger partial charge on any atom is -0.449 e. The van der Waals surface area contributed by atoms with Crippen molar-refractivity contribution in [3.05, 3.63) is 63.7 Å². The van der Waals surface area contributed by atoms with Gasteiger partial charge in [-0.1, -0.05) is 18.2 Å². The van der Waals surface area contributed by atoms with Crippen LogP contribution in [0.5, 0.6) is 11.5 Å². The van der Waals surface area contributed by atoms with Crippen molar-refractivity contribution < 1.29 is 14.5 Å². The van der Waals surface area contributed by atoms with E-state index in [1.807, 2.05) is 0 Å². The van der Waals surface area contributed by atoms with E-state index >= 15 is 0 Å². The molecule has 0 spiro atoms. The zero-order chi connectivity index (χ0) is 13.8. The summed E-state index contributed by atoms with van der Waals surface area (Å²) < 4.78 is 5.47. The number of aldehydes is 1. The molecular formula is C14H11NO4. The van der Waals surface area contributed by atoms with Crippen molar-refractivity contribution in [1.82, 2.24) is 0 Å². The van der Waals surface area contributed by atoms with Gasteiger partial charge in [0.05, 0.1) is 10.5 Å². The summed E-state index contributed by atoms with van der Waals surface area (Å²) in [6.45, 7) is 1.76. The van der Waals surface area contributed by atoms with Gasteiger partial charge in [0.1, 0.15) is 5.75 Å². The molecule has 19 heavy (non-hydrogen) atoms. The summed E-state index contributed by atoms with van der Waals surface area (Å²) in [5, 5.41) is 11.0. The first-order valence-electron chi connectivity index (χ1n) is 5.59. The van der Waals surface area contributed by atoms with E-state index in [4.69, 9.17) is 4.74 Å². The average molecular weight is 257 g/mol. The first-order valence-corrected chi connectivity index (χ1v) is 5.59. The summed E-state index contributed by atoms with van der Waals surface area (Å²) in [5.41, 5.74) is 0.987. The van der Waals surface area contributed by atoms with Gasteiger partial charge < -0.3 is 4.74 Å². The van der Waals surface area contributed by atoms with Crippen LogP contribution in [-0.2, 0) is 0 Å². The summed E-state index contributed by atoms with van der Waals surface area (Å²) in [5.74, 6) is 0.411. The second kappa shape index (κ2) is 5.30. The Bertz CT molecular complexity index is 637. The van der Waals surface area contributed by atoms with E-state index in [0.29, 0.717) is 17.6 Å². The summed E-state index contributed by atoms with van der Waals surface area (Å²) in [4.78, 5) is 21.3. The molecular weight excluding hydrogens is 246 g/mol. The largest absolute Gasteiger partial charge is 0.449 e. The van der Waals surface area contributed by atoms with Crippen LogP contribution in [0.1, 0.15) is 15.9 Å². The van der Waals surface area contributed by atoms with Gasteiger partial charge in [0.15, 0.2) is 6.29 Å². The smallest absolute Gasteiger partial charge is 0.311 e. The maximum Gasteiger partial charge on any atom is 0.311 e. The highest BCUT2D eigenvalue weighted by molar-refractivity contribution is 5.79. The zero-order valence-corrected chi connectivity index (χ0v) is 10.2. The Labute approximate surface area is 109 Å². The molecule has 96 valence electrons. The van der Waals surface area contributed by atoms with Crippen molar-refractivity contribution in [2.75, 3.05) is 0 Å². The normalized spacial score (nSPS) is 9.95. The molecule has 5 nitrogen and oxygen atoms in total. The molecule has 0 saturated carbocycles. The summed E-state index contributed by atoms with van der Waals surface area (Å²) in [7, 11) is 0. The first kappa shape index (κ1) is 12.8.